The van der Waals surface area contributed by atoms with Gasteiger partial charge in [0.25, 0.3) is 0 Å². The highest BCUT2D eigenvalue weighted by atomic mass is 32.2. The Morgan fingerprint density at radius 1 is 0.516 bits per heavy atom. The lowest BCUT2D eigenvalue weighted by molar-refractivity contribution is 0.563. The van der Waals surface area contributed by atoms with E-state index in [9.17, 15) is 26.0 Å². The first-order valence-electron chi connectivity index (χ1n) is 9.13. The summed E-state index contributed by atoms with van der Waals surface area (Å²) in [6.07, 6.45) is 0. The second kappa shape index (κ2) is 8.00. The van der Waals surface area contributed by atoms with Gasteiger partial charge in [-0.2, -0.15) is 0 Å². The summed E-state index contributed by atoms with van der Waals surface area (Å²) in [5, 5.41) is 0. The van der Waals surface area contributed by atoms with E-state index in [-0.39, 0.29) is 22.3 Å². The molecule has 0 spiro atoms. The molecule has 7 heteroatoms. The van der Waals surface area contributed by atoms with E-state index in [0.29, 0.717) is 24.3 Å². The summed E-state index contributed by atoms with van der Waals surface area (Å²) < 4.78 is 84.9. The third-order valence-electron chi connectivity index (χ3n) is 4.74. The molecule has 0 atom stereocenters. The van der Waals surface area contributed by atoms with Crippen molar-refractivity contribution in [3.05, 3.63) is 108 Å². The lowest BCUT2D eigenvalue weighted by Gasteiger charge is -2.16. The summed E-state index contributed by atoms with van der Waals surface area (Å²) in [5.74, 6) is -4.48. The first kappa shape index (κ1) is 20.8. The van der Waals surface area contributed by atoms with Crippen LogP contribution in [0.3, 0.4) is 0 Å². The van der Waals surface area contributed by atoms with Gasteiger partial charge in [-0.15, -0.1) is 0 Å². The van der Waals surface area contributed by atoms with E-state index in [4.69, 9.17) is 0 Å². The van der Waals surface area contributed by atoms with E-state index >= 15 is 0 Å². The van der Waals surface area contributed by atoms with Gasteiger partial charge in [0.15, 0.2) is 0 Å². The van der Waals surface area contributed by atoms with E-state index in [1.54, 1.807) is 36.4 Å². The summed E-state index contributed by atoms with van der Waals surface area (Å²) in [4.78, 5) is -1.45. The maximum absolute atomic E-state index is 14.8. The minimum atomic E-state index is -4.75. The monoisotopic (exact) mass is 442 g/mol. The molecule has 0 saturated carbocycles. The highest BCUT2D eigenvalue weighted by Gasteiger charge is 2.30. The van der Waals surface area contributed by atoms with Gasteiger partial charge >= 0.3 is 0 Å². The van der Waals surface area contributed by atoms with E-state index in [1.807, 2.05) is 0 Å². The van der Waals surface area contributed by atoms with E-state index in [2.05, 4.69) is 0 Å². The molecule has 4 aromatic rings. The number of hydrogen-bond donors (Lipinski definition) is 0. The Kier molecular flexibility index (Phi) is 5.37. The van der Waals surface area contributed by atoms with Crippen molar-refractivity contribution >= 4 is 9.84 Å². The highest BCUT2D eigenvalue weighted by molar-refractivity contribution is 7.91. The normalized spacial score (nSPS) is 11.5. The largest absolute Gasteiger partial charge is 0.218 e. The van der Waals surface area contributed by atoms with Crippen LogP contribution in [0.2, 0.25) is 0 Å². The third kappa shape index (κ3) is 3.84. The Labute approximate surface area is 176 Å². The molecule has 0 aromatic heterocycles. The SMILES string of the molecule is O=S(=O)(c1cc(F)cc(F)c1-c1ccccc1)c1cc(F)cc(F)c1-c1ccccc1. The third-order valence-corrected chi connectivity index (χ3v) is 6.54. The van der Waals surface area contributed by atoms with Gasteiger partial charge in [-0.3, -0.25) is 0 Å². The van der Waals surface area contributed by atoms with Crippen LogP contribution in [0.1, 0.15) is 0 Å². The summed E-state index contributed by atoms with van der Waals surface area (Å²) in [5.41, 5.74) is -0.412. The van der Waals surface area contributed by atoms with Crippen molar-refractivity contribution in [1.29, 1.82) is 0 Å². The number of rotatable bonds is 4. The van der Waals surface area contributed by atoms with Crippen LogP contribution in [0.5, 0.6) is 0 Å². The van der Waals surface area contributed by atoms with Crippen LogP contribution in [0.15, 0.2) is 94.7 Å². The average molecular weight is 442 g/mol. The standard InChI is InChI=1S/C24H14F4O2S/c25-17-11-19(27)23(15-7-3-1-4-8-15)21(13-17)31(29,30)22-14-18(26)12-20(28)24(22)16-9-5-2-6-10-16/h1-14H. The Hall–Kier alpha value is -3.45. The van der Waals surface area contributed by atoms with Gasteiger partial charge in [0.05, 0.1) is 9.79 Å². The maximum Gasteiger partial charge on any atom is 0.208 e. The molecule has 2 nitrogen and oxygen atoms in total. The van der Waals surface area contributed by atoms with E-state index < -0.39 is 42.9 Å². The second-order valence-corrected chi connectivity index (χ2v) is 8.64. The van der Waals surface area contributed by atoms with Crippen LogP contribution in [0, 0.1) is 23.3 Å². The predicted molar refractivity (Wildman–Crippen MR) is 109 cm³/mol. The van der Waals surface area contributed by atoms with Gasteiger partial charge in [0, 0.05) is 23.3 Å². The molecule has 0 aliphatic carbocycles. The first-order chi connectivity index (χ1) is 14.8. The molecule has 0 saturated heterocycles. The van der Waals surface area contributed by atoms with Crippen LogP contribution in [0.25, 0.3) is 22.3 Å². The van der Waals surface area contributed by atoms with Crippen molar-refractivity contribution in [2.45, 2.75) is 9.79 Å². The van der Waals surface area contributed by atoms with Crippen molar-refractivity contribution in [3.63, 3.8) is 0 Å². The van der Waals surface area contributed by atoms with Crippen LogP contribution in [0.4, 0.5) is 17.6 Å². The second-order valence-electron chi connectivity index (χ2n) is 6.76. The molecule has 0 N–H and O–H groups in total. The quantitative estimate of drug-likeness (QED) is 0.342. The topological polar surface area (TPSA) is 34.1 Å². The van der Waals surface area contributed by atoms with Gasteiger partial charge in [-0.1, -0.05) is 60.7 Å². The van der Waals surface area contributed by atoms with Crippen molar-refractivity contribution in [2.75, 3.05) is 0 Å². The molecule has 4 rings (SSSR count). The minimum absolute atomic E-state index is 0.178. The lowest BCUT2D eigenvalue weighted by atomic mass is 10.0. The van der Waals surface area contributed by atoms with E-state index in [1.165, 1.54) is 24.3 Å². The van der Waals surface area contributed by atoms with Gasteiger partial charge in [0.2, 0.25) is 9.84 Å². The molecule has 0 amide bonds. The first-order valence-corrected chi connectivity index (χ1v) is 10.6. The van der Waals surface area contributed by atoms with Crippen molar-refractivity contribution in [1.82, 2.24) is 0 Å². The molecule has 156 valence electrons. The zero-order chi connectivity index (χ0) is 22.2. The summed E-state index contributed by atoms with van der Waals surface area (Å²) in [6, 6.07) is 17.8. The average Bonchev–Trinajstić information content (AvgIpc) is 2.74. The Morgan fingerprint density at radius 3 is 1.23 bits per heavy atom. The summed E-state index contributed by atoms with van der Waals surface area (Å²) in [6.45, 7) is 0. The highest BCUT2D eigenvalue weighted by Crippen LogP contribution is 2.39. The molecular formula is C24H14F4O2S. The fourth-order valence-electron chi connectivity index (χ4n) is 3.41. The van der Waals surface area contributed by atoms with Crippen LogP contribution >= 0.6 is 0 Å². The molecule has 0 fully saturated rings. The van der Waals surface area contributed by atoms with Crippen molar-refractivity contribution in [3.8, 4) is 22.3 Å². The molecule has 0 unspecified atom stereocenters. The van der Waals surface area contributed by atoms with Gasteiger partial charge in [-0.25, -0.2) is 26.0 Å². The van der Waals surface area contributed by atoms with Gasteiger partial charge in [0.1, 0.15) is 23.3 Å². The fourth-order valence-corrected chi connectivity index (χ4v) is 5.15. The fraction of sp³-hybridized carbons (Fsp3) is 0. The van der Waals surface area contributed by atoms with Gasteiger partial charge < -0.3 is 0 Å². The number of halogens is 4. The molecule has 0 aliphatic rings. The Bertz CT molecular complexity index is 1270. The van der Waals surface area contributed by atoms with Gasteiger partial charge in [-0.05, 0) is 23.3 Å². The minimum Gasteiger partial charge on any atom is -0.218 e. The summed E-state index contributed by atoms with van der Waals surface area (Å²) in [7, 11) is -4.75. The molecular weight excluding hydrogens is 428 g/mol. The summed E-state index contributed by atoms with van der Waals surface area (Å²) >= 11 is 0. The molecule has 0 bridgehead atoms. The maximum atomic E-state index is 14.8. The smallest absolute Gasteiger partial charge is 0.208 e. The van der Waals surface area contributed by atoms with Crippen molar-refractivity contribution < 1.29 is 26.0 Å². The number of benzene rings is 4. The number of sulfone groups is 1. The molecule has 0 heterocycles. The number of hydrogen-bond acceptors (Lipinski definition) is 2. The predicted octanol–water partition coefficient (Wildman–Crippen LogP) is 6.41. The zero-order valence-electron chi connectivity index (χ0n) is 15.8. The lowest BCUT2D eigenvalue weighted by Crippen LogP contribution is -2.09. The Morgan fingerprint density at radius 2 is 0.871 bits per heavy atom. The molecule has 31 heavy (non-hydrogen) atoms. The van der Waals surface area contributed by atoms with Crippen LogP contribution in [-0.2, 0) is 9.84 Å². The Balaban J connectivity index is 2.07. The van der Waals surface area contributed by atoms with Crippen LogP contribution in [-0.4, -0.2) is 8.42 Å². The molecule has 0 aliphatic heterocycles. The van der Waals surface area contributed by atoms with Crippen LogP contribution < -0.4 is 0 Å². The van der Waals surface area contributed by atoms with Crippen molar-refractivity contribution in [2.24, 2.45) is 0 Å². The zero-order valence-corrected chi connectivity index (χ0v) is 16.6. The molecule has 4 aromatic carbocycles. The molecule has 0 radical (unpaired) electrons. The van der Waals surface area contributed by atoms with E-state index in [0.717, 1.165) is 0 Å².